The summed E-state index contributed by atoms with van der Waals surface area (Å²) in [5.41, 5.74) is 2.14. The van der Waals surface area contributed by atoms with Gasteiger partial charge in [-0.05, 0) is 37.6 Å². The van der Waals surface area contributed by atoms with Crippen LogP contribution in [0.2, 0.25) is 0 Å². The SMILES string of the molecule is CCOc1ccc(OCC)c(NCc2ccccc2Br)c1. The highest BCUT2D eigenvalue weighted by Crippen LogP contribution is 2.30. The lowest BCUT2D eigenvalue weighted by Gasteiger charge is -2.15. The number of halogens is 1. The summed E-state index contributed by atoms with van der Waals surface area (Å²) in [5, 5.41) is 3.42. The van der Waals surface area contributed by atoms with E-state index in [1.54, 1.807) is 0 Å². The Kier molecular flexibility index (Phi) is 5.93. The third-order valence-electron chi connectivity index (χ3n) is 2.99. The molecule has 0 bridgehead atoms. The van der Waals surface area contributed by atoms with E-state index in [0.717, 1.165) is 28.2 Å². The van der Waals surface area contributed by atoms with Gasteiger partial charge in [-0.15, -0.1) is 0 Å². The lowest BCUT2D eigenvalue weighted by molar-refractivity contribution is 0.332. The molecular formula is C17H20BrNO2. The molecule has 0 unspecified atom stereocenters. The second-order valence-electron chi connectivity index (χ2n) is 4.47. The summed E-state index contributed by atoms with van der Waals surface area (Å²) < 4.78 is 12.3. The van der Waals surface area contributed by atoms with Crippen molar-refractivity contribution in [3.05, 3.63) is 52.5 Å². The number of anilines is 1. The zero-order valence-electron chi connectivity index (χ0n) is 12.4. The van der Waals surface area contributed by atoms with Crippen LogP contribution in [0.25, 0.3) is 0 Å². The molecule has 0 aliphatic heterocycles. The van der Waals surface area contributed by atoms with Gasteiger partial charge >= 0.3 is 0 Å². The predicted octanol–water partition coefficient (Wildman–Crippen LogP) is 4.86. The summed E-state index contributed by atoms with van der Waals surface area (Å²) in [6.45, 7) is 5.96. The van der Waals surface area contributed by atoms with Gasteiger partial charge in [0, 0.05) is 17.1 Å². The summed E-state index contributed by atoms with van der Waals surface area (Å²) in [4.78, 5) is 0. The van der Waals surface area contributed by atoms with Crippen LogP contribution < -0.4 is 14.8 Å². The van der Waals surface area contributed by atoms with Crippen LogP contribution in [0.3, 0.4) is 0 Å². The van der Waals surface area contributed by atoms with Crippen molar-refractivity contribution in [2.75, 3.05) is 18.5 Å². The Morgan fingerprint density at radius 2 is 1.76 bits per heavy atom. The summed E-state index contributed by atoms with van der Waals surface area (Å²) in [7, 11) is 0. The summed E-state index contributed by atoms with van der Waals surface area (Å²) >= 11 is 3.56. The van der Waals surface area contributed by atoms with E-state index in [1.807, 2.05) is 50.2 Å². The quantitative estimate of drug-likeness (QED) is 0.774. The maximum absolute atomic E-state index is 5.66. The van der Waals surface area contributed by atoms with Gasteiger partial charge in [-0.1, -0.05) is 34.1 Å². The fraction of sp³-hybridized carbons (Fsp3) is 0.294. The Bertz CT molecular complexity index is 587. The molecule has 0 aliphatic carbocycles. The molecule has 0 atom stereocenters. The van der Waals surface area contributed by atoms with E-state index < -0.39 is 0 Å². The first-order valence-corrected chi connectivity index (χ1v) is 7.90. The molecule has 0 radical (unpaired) electrons. The smallest absolute Gasteiger partial charge is 0.142 e. The van der Waals surface area contributed by atoms with Gasteiger partial charge in [0.05, 0.1) is 18.9 Å². The molecule has 112 valence electrons. The number of hydrogen-bond acceptors (Lipinski definition) is 3. The Morgan fingerprint density at radius 1 is 1.00 bits per heavy atom. The first kappa shape index (κ1) is 15.7. The van der Waals surface area contributed by atoms with Gasteiger partial charge in [0.1, 0.15) is 11.5 Å². The molecule has 0 aromatic heterocycles. The van der Waals surface area contributed by atoms with Crippen LogP contribution in [-0.2, 0) is 6.54 Å². The lowest BCUT2D eigenvalue weighted by atomic mass is 10.2. The molecule has 21 heavy (non-hydrogen) atoms. The minimum Gasteiger partial charge on any atom is -0.494 e. The largest absolute Gasteiger partial charge is 0.494 e. The van der Waals surface area contributed by atoms with Crippen LogP contribution in [0.4, 0.5) is 5.69 Å². The van der Waals surface area contributed by atoms with Crippen molar-refractivity contribution in [1.82, 2.24) is 0 Å². The lowest BCUT2D eigenvalue weighted by Crippen LogP contribution is -2.04. The highest BCUT2D eigenvalue weighted by molar-refractivity contribution is 9.10. The van der Waals surface area contributed by atoms with Crippen molar-refractivity contribution in [3.8, 4) is 11.5 Å². The molecule has 2 aromatic rings. The average Bonchev–Trinajstić information content (AvgIpc) is 2.49. The molecule has 0 fully saturated rings. The zero-order chi connectivity index (χ0) is 15.1. The minimum atomic E-state index is 0.637. The molecule has 4 heteroatoms. The topological polar surface area (TPSA) is 30.5 Å². The van der Waals surface area contributed by atoms with E-state index in [0.29, 0.717) is 13.2 Å². The molecule has 2 aromatic carbocycles. The van der Waals surface area contributed by atoms with Gasteiger partial charge in [-0.2, -0.15) is 0 Å². The molecule has 0 saturated carbocycles. The monoisotopic (exact) mass is 349 g/mol. The normalized spacial score (nSPS) is 10.2. The molecule has 0 heterocycles. The van der Waals surface area contributed by atoms with Gasteiger partial charge in [-0.25, -0.2) is 0 Å². The maximum Gasteiger partial charge on any atom is 0.142 e. The van der Waals surface area contributed by atoms with Gasteiger partial charge < -0.3 is 14.8 Å². The zero-order valence-corrected chi connectivity index (χ0v) is 13.9. The van der Waals surface area contributed by atoms with Gasteiger partial charge in [-0.3, -0.25) is 0 Å². The summed E-state index contributed by atoms with van der Waals surface area (Å²) in [5.74, 6) is 1.68. The van der Waals surface area contributed by atoms with Crippen molar-refractivity contribution in [3.63, 3.8) is 0 Å². The van der Waals surface area contributed by atoms with Crippen LogP contribution in [0, 0.1) is 0 Å². The number of benzene rings is 2. The van der Waals surface area contributed by atoms with E-state index >= 15 is 0 Å². The van der Waals surface area contributed by atoms with E-state index in [-0.39, 0.29) is 0 Å². The number of rotatable bonds is 7. The van der Waals surface area contributed by atoms with Crippen molar-refractivity contribution in [1.29, 1.82) is 0 Å². The fourth-order valence-corrected chi connectivity index (χ4v) is 2.44. The summed E-state index contributed by atoms with van der Waals surface area (Å²) in [6.07, 6.45) is 0. The van der Waals surface area contributed by atoms with E-state index in [9.17, 15) is 0 Å². The molecule has 0 spiro atoms. The van der Waals surface area contributed by atoms with Gasteiger partial charge in [0.2, 0.25) is 0 Å². The Hall–Kier alpha value is -1.68. The molecule has 0 saturated heterocycles. The second-order valence-corrected chi connectivity index (χ2v) is 5.32. The average molecular weight is 350 g/mol. The summed E-state index contributed by atoms with van der Waals surface area (Å²) in [6, 6.07) is 14.0. The van der Waals surface area contributed by atoms with E-state index in [1.165, 1.54) is 5.56 Å². The van der Waals surface area contributed by atoms with Crippen molar-refractivity contribution in [2.24, 2.45) is 0 Å². The predicted molar refractivity (Wildman–Crippen MR) is 90.2 cm³/mol. The van der Waals surface area contributed by atoms with Crippen LogP contribution in [0.5, 0.6) is 11.5 Å². The molecule has 2 rings (SSSR count). The Balaban J connectivity index is 2.16. The van der Waals surface area contributed by atoms with Crippen molar-refractivity contribution < 1.29 is 9.47 Å². The minimum absolute atomic E-state index is 0.637. The van der Waals surface area contributed by atoms with Crippen LogP contribution in [-0.4, -0.2) is 13.2 Å². The highest BCUT2D eigenvalue weighted by Gasteiger charge is 2.06. The third-order valence-corrected chi connectivity index (χ3v) is 3.76. The van der Waals surface area contributed by atoms with Crippen LogP contribution in [0.1, 0.15) is 19.4 Å². The second kappa shape index (κ2) is 7.93. The first-order chi connectivity index (χ1) is 10.2. The number of nitrogens with one attached hydrogen (secondary N) is 1. The molecule has 0 aliphatic rings. The molecular weight excluding hydrogens is 330 g/mol. The van der Waals surface area contributed by atoms with Crippen molar-refractivity contribution >= 4 is 21.6 Å². The standard InChI is InChI=1S/C17H20BrNO2/c1-3-20-14-9-10-17(21-4-2)16(11-14)19-12-13-7-5-6-8-15(13)18/h5-11,19H,3-4,12H2,1-2H3. The molecule has 1 N–H and O–H groups in total. The van der Waals surface area contributed by atoms with Crippen LogP contribution >= 0.6 is 15.9 Å². The highest BCUT2D eigenvalue weighted by atomic mass is 79.9. The fourth-order valence-electron chi connectivity index (χ4n) is 2.02. The first-order valence-electron chi connectivity index (χ1n) is 7.11. The van der Waals surface area contributed by atoms with Crippen molar-refractivity contribution in [2.45, 2.75) is 20.4 Å². The molecule has 0 amide bonds. The number of ether oxygens (including phenoxy) is 2. The molecule has 3 nitrogen and oxygen atoms in total. The Labute approximate surface area is 134 Å². The van der Waals surface area contributed by atoms with Gasteiger partial charge in [0.15, 0.2) is 0 Å². The Morgan fingerprint density at radius 3 is 2.48 bits per heavy atom. The van der Waals surface area contributed by atoms with E-state index in [2.05, 4.69) is 27.3 Å². The number of hydrogen-bond donors (Lipinski definition) is 1. The van der Waals surface area contributed by atoms with E-state index in [4.69, 9.17) is 9.47 Å². The third kappa shape index (κ3) is 4.39. The van der Waals surface area contributed by atoms with Crippen LogP contribution in [0.15, 0.2) is 46.9 Å². The maximum atomic E-state index is 5.66. The van der Waals surface area contributed by atoms with Gasteiger partial charge in [0.25, 0.3) is 0 Å².